The van der Waals surface area contributed by atoms with Crippen LogP contribution < -0.4 is 20.5 Å². The van der Waals surface area contributed by atoms with Crippen molar-refractivity contribution in [2.75, 3.05) is 31.6 Å². The number of halogens is 4. The summed E-state index contributed by atoms with van der Waals surface area (Å²) in [4.78, 5) is 17.4. The number of rotatable bonds is 9. The van der Waals surface area contributed by atoms with Crippen LogP contribution in [0.15, 0.2) is 24.4 Å². The highest BCUT2D eigenvalue weighted by molar-refractivity contribution is 5.94. The van der Waals surface area contributed by atoms with Gasteiger partial charge < -0.3 is 20.5 Å². The molecule has 1 aliphatic rings. The Balaban J connectivity index is 1.64. The monoisotopic (exact) mass is 484 g/mol. The normalized spacial score (nSPS) is 15.2. The first-order valence-electron chi connectivity index (χ1n) is 11.1. The number of nitrogens with two attached hydrogens (primary N) is 1. The molecule has 2 heterocycles. The molecular weight excluding hydrogens is 456 g/mol. The minimum Gasteiger partial charge on any atom is -0.491 e. The van der Waals surface area contributed by atoms with Crippen molar-refractivity contribution in [2.24, 2.45) is 5.73 Å². The maximum absolute atomic E-state index is 14.5. The molecule has 0 saturated carbocycles. The lowest BCUT2D eigenvalue weighted by molar-refractivity contribution is -0.137. The molecule has 0 unspecified atom stereocenters. The molecule has 3 rings (SSSR count). The highest BCUT2D eigenvalue weighted by Gasteiger charge is 2.35. The number of hydrogen-bond donors (Lipinski definition) is 2. The summed E-state index contributed by atoms with van der Waals surface area (Å²) in [6.07, 6.45) is -2.54. The number of alkyl halides is 3. The second kappa shape index (κ2) is 10.9. The molecule has 1 amide bonds. The lowest BCUT2D eigenvalue weighted by atomic mass is 10.0. The fourth-order valence-corrected chi connectivity index (χ4v) is 3.91. The van der Waals surface area contributed by atoms with Crippen molar-refractivity contribution in [3.8, 4) is 11.5 Å². The first kappa shape index (κ1) is 25.5. The van der Waals surface area contributed by atoms with Crippen LogP contribution in [0.1, 0.15) is 48.2 Å². The van der Waals surface area contributed by atoms with Crippen LogP contribution in [0, 0.1) is 5.82 Å². The minimum absolute atomic E-state index is 0.0389. The van der Waals surface area contributed by atoms with E-state index in [-0.39, 0.29) is 23.4 Å². The number of amides is 1. The number of carbonyl (C=O) groups excluding carboxylic acids is 1. The number of pyridine rings is 1. The maximum atomic E-state index is 14.5. The van der Waals surface area contributed by atoms with Gasteiger partial charge in [-0.25, -0.2) is 4.98 Å². The number of piperidine rings is 1. The van der Waals surface area contributed by atoms with Crippen LogP contribution in [-0.4, -0.2) is 48.1 Å². The summed E-state index contributed by atoms with van der Waals surface area (Å²) in [7, 11) is 0. The van der Waals surface area contributed by atoms with E-state index in [2.05, 4.69) is 15.2 Å². The Morgan fingerprint density at radius 1 is 1.15 bits per heavy atom. The smallest absolute Gasteiger partial charge is 0.417 e. The van der Waals surface area contributed by atoms with E-state index in [9.17, 15) is 22.4 Å². The zero-order chi connectivity index (χ0) is 24.9. The van der Waals surface area contributed by atoms with E-state index in [1.807, 2.05) is 0 Å². The third-order valence-electron chi connectivity index (χ3n) is 5.49. The van der Waals surface area contributed by atoms with Crippen LogP contribution in [0.5, 0.6) is 11.5 Å². The van der Waals surface area contributed by atoms with Crippen LogP contribution in [-0.2, 0) is 12.7 Å². The van der Waals surface area contributed by atoms with Gasteiger partial charge in [-0.15, -0.1) is 0 Å². The predicted molar refractivity (Wildman–Crippen MR) is 118 cm³/mol. The quantitative estimate of drug-likeness (QED) is 0.519. The van der Waals surface area contributed by atoms with Gasteiger partial charge >= 0.3 is 6.18 Å². The molecule has 1 fully saturated rings. The van der Waals surface area contributed by atoms with Gasteiger partial charge in [0, 0.05) is 31.9 Å². The Hall–Kier alpha value is -3.08. The molecule has 2 aromatic rings. The minimum atomic E-state index is -4.72. The van der Waals surface area contributed by atoms with Gasteiger partial charge in [0.05, 0.1) is 24.3 Å². The van der Waals surface area contributed by atoms with E-state index in [0.717, 1.165) is 17.8 Å². The third kappa shape index (κ3) is 6.28. The van der Waals surface area contributed by atoms with Gasteiger partial charge in [-0.3, -0.25) is 9.69 Å². The second-order valence-corrected chi connectivity index (χ2v) is 7.94. The lowest BCUT2D eigenvalue weighted by Crippen LogP contribution is -2.38. The van der Waals surface area contributed by atoms with Crippen LogP contribution >= 0.6 is 0 Å². The maximum Gasteiger partial charge on any atom is 0.417 e. The van der Waals surface area contributed by atoms with Crippen molar-refractivity contribution in [1.29, 1.82) is 0 Å². The summed E-state index contributed by atoms with van der Waals surface area (Å²) in [5.74, 6) is -1.38. The molecule has 1 aromatic heterocycles. The van der Waals surface area contributed by atoms with Gasteiger partial charge in [-0.1, -0.05) is 0 Å². The lowest BCUT2D eigenvalue weighted by Gasteiger charge is -2.33. The van der Waals surface area contributed by atoms with Crippen LogP contribution in [0.2, 0.25) is 0 Å². The van der Waals surface area contributed by atoms with Crippen molar-refractivity contribution in [2.45, 2.75) is 45.5 Å². The van der Waals surface area contributed by atoms with E-state index < -0.39 is 29.0 Å². The van der Waals surface area contributed by atoms with Gasteiger partial charge in [0.15, 0.2) is 11.5 Å². The molecular formula is C23H28F4N4O3. The molecule has 0 aliphatic carbocycles. The Morgan fingerprint density at radius 3 is 2.24 bits per heavy atom. The number of ether oxygens (including phenoxy) is 2. The van der Waals surface area contributed by atoms with Crippen molar-refractivity contribution in [3.05, 3.63) is 46.9 Å². The summed E-state index contributed by atoms with van der Waals surface area (Å²) in [5, 5.41) is 3.02. The first-order chi connectivity index (χ1) is 16.1. The molecule has 1 aliphatic heterocycles. The highest BCUT2D eigenvalue weighted by atomic mass is 19.4. The summed E-state index contributed by atoms with van der Waals surface area (Å²) < 4.78 is 65.1. The number of aromatic nitrogens is 1. The Labute approximate surface area is 195 Å². The number of nitrogens with zero attached hydrogens (tertiary/aromatic N) is 2. The van der Waals surface area contributed by atoms with Gasteiger partial charge in [0.2, 0.25) is 5.82 Å². The molecule has 3 N–H and O–H groups in total. The zero-order valence-corrected chi connectivity index (χ0v) is 19.0. The van der Waals surface area contributed by atoms with Crippen molar-refractivity contribution in [1.82, 2.24) is 9.88 Å². The molecule has 7 nitrogen and oxygen atoms in total. The first-order valence-corrected chi connectivity index (χ1v) is 11.1. The number of carbonyl (C=O) groups is 1. The van der Waals surface area contributed by atoms with E-state index in [4.69, 9.17) is 15.2 Å². The van der Waals surface area contributed by atoms with Crippen molar-refractivity contribution in [3.63, 3.8) is 0 Å². The van der Waals surface area contributed by atoms with Crippen molar-refractivity contribution < 1.29 is 31.8 Å². The van der Waals surface area contributed by atoms with Crippen LogP contribution in [0.4, 0.5) is 23.4 Å². The van der Waals surface area contributed by atoms with E-state index in [0.29, 0.717) is 45.7 Å². The standard InChI is InChI=1S/C23H28F4N4O3/c1-3-33-18-9-14(10-19(21(18)24)34-4-2)13-31-7-5-15(6-8-31)30-20-11-17(23(25,26)27)16(12-29-20)22(28)32/h9-12,15H,3-8,13H2,1-2H3,(H2,28,32)(H,29,30). The number of benzene rings is 1. The molecule has 1 saturated heterocycles. The highest BCUT2D eigenvalue weighted by Crippen LogP contribution is 2.34. The molecule has 1 aromatic carbocycles. The molecule has 0 atom stereocenters. The average molecular weight is 484 g/mol. The van der Waals surface area contributed by atoms with Crippen molar-refractivity contribution >= 4 is 11.7 Å². The number of anilines is 1. The van der Waals surface area contributed by atoms with Gasteiger partial charge in [-0.2, -0.15) is 17.6 Å². The number of nitrogens with one attached hydrogen (secondary N) is 1. The molecule has 186 valence electrons. The van der Waals surface area contributed by atoms with E-state index in [1.165, 1.54) is 0 Å². The van der Waals surface area contributed by atoms with Gasteiger partial charge in [0.1, 0.15) is 5.82 Å². The molecule has 34 heavy (non-hydrogen) atoms. The average Bonchev–Trinajstić information content (AvgIpc) is 2.78. The summed E-state index contributed by atoms with van der Waals surface area (Å²) in [5.41, 5.74) is 4.12. The molecule has 0 bridgehead atoms. The van der Waals surface area contributed by atoms with Gasteiger partial charge in [-0.05, 0) is 50.5 Å². The predicted octanol–water partition coefficient (Wildman–Crippen LogP) is 4.21. The fraction of sp³-hybridized carbons (Fsp3) is 0.478. The summed E-state index contributed by atoms with van der Waals surface area (Å²) in [6.45, 7) is 6.11. The van der Waals surface area contributed by atoms with Crippen LogP contribution in [0.3, 0.4) is 0 Å². The second-order valence-electron chi connectivity index (χ2n) is 7.94. The molecule has 11 heteroatoms. The largest absolute Gasteiger partial charge is 0.491 e. The fourth-order valence-electron chi connectivity index (χ4n) is 3.91. The van der Waals surface area contributed by atoms with E-state index >= 15 is 0 Å². The number of likely N-dealkylation sites (tertiary alicyclic amines) is 1. The van der Waals surface area contributed by atoms with E-state index in [1.54, 1.807) is 26.0 Å². The zero-order valence-electron chi connectivity index (χ0n) is 19.0. The Bertz CT molecular complexity index is 981. The summed E-state index contributed by atoms with van der Waals surface area (Å²) in [6, 6.07) is 4.05. The summed E-state index contributed by atoms with van der Waals surface area (Å²) >= 11 is 0. The SMILES string of the molecule is CCOc1cc(CN2CCC(Nc3cc(C(F)(F)F)c(C(N)=O)cn3)CC2)cc(OCC)c1F. The Morgan fingerprint density at radius 2 is 1.74 bits per heavy atom. The number of hydrogen-bond acceptors (Lipinski definition) is 6. The Kier molecular flexibility index (Phi) is 8.19. The molecule has 0 spiro atoms. The third-order valence-corrected chi connectivity index (χ3v) is 5.49. The molecule has 0 radical (unpaired) electrons. The topological polar surface area (TPSA) is 89.7 Å². The van der Waals surface area contributed by atoms with Crippen LogP contribution in [0.25, 0.3) is 0 Å². The number of primary amides is 1. The van der Waals surface area contributed by atoms with Gasteiger partial charge in [0.25, 0.3) is 5.91 Å².